The zero-order valence-corrected chi connectivity index (χ0v) is 20.2. The van der Waals surface area contributed by atoms with Gasteiger partial charge in [-0.05, 0) is 25.1 Å². The molecule has 3 heterocycles. The summed E-state index contributed by atoms with van der Waals surface area (Å²) in [6.45, 7) is 8.88. The number of fused-ring (bicyclic) bond motifs is 3. The lowest BCUT2D eigenvalue weighted by molar-refractivity contribution is 0.00905. The van der Waals surface area contributed by atoms with E-state index in [1.165, 1.54) is 5.69 Å². The largest absolute Gasteiger partial charge is 0.493 e. The molecule has 3 aliphatic heterocycles. The zero-order valence-electron chi connectivity index (χ0n) is 20.2. The predicted molar refractivity (Wildman–Crippen MR) is 132 cm³/mol. The van der Waals surface area contributed by atoms with Crippen molar-refractivity contribution in [2.45, 2.75) is 19.1 Å². The van der Waals surface area contributed by atoms with E-state index in [-0.39, 0.29) is 12.0 Å². The number of nitrogens with one attached hydrogen (secondary N) is 1. The van der Waals surface area contributed by atoms with Crippen LogP contribution in [0, 0.1) is 5.92 Å². The smallest absolute Gasteiger partial charge is 0.164 e. The Labute approximate surface area is 201 Å². The monoisotopic (exact) mass is 466 g/mol. The van der Waals surface area contributed by atoms with Crippen molar-refractivity contribution in [1.29, 1.82) is 0 Å². The number of piperazine rings is 1. The number of ether oxygens (including phenoxy) is 3. The molecule has 0 saturated carbocycles. The van der Waals surface area contributed by atoms with Crippen LogP contribution in [-0.2, 0) is 4.84 Å². The molecule has 8 nitrogen and oxygen atoms in total. The summed E-state index contributed by atoms with van der Waals surface area (Å²) in [5, 5.41) is 8.06. The SMILES string of the molecule is COc1cc2c(cc1OC)C1=NOC(CN3CCN(CC(C)Nc4ccccc4)CC3)C1CO2. The van der Waals surface area contributed by atoms with E-state index in [0.29, 0.717) is 24.1 Å². The standard InChI is InChI=1S/C26H34N4O4/c1-18(27-19-7-5-4-6-8-19)15-29-9-11-30(12-10-29)16-25-21-17-33-22-14-24(32-3)23(31-2)13-20(22)26(21)28-34-25/h4-8,13-14,18,21,25,27H,9-12,15-17H2,1-3H3. The number of hydrogen-bond donors (Lipinski definition) is 1. The lowest BCUT2D eigenvalue weighted by Gasteiger charge is -2.37. The van der Waals surface area contributed by atoms with Crippen molar-refractivity contribution in [3.05, 3.63) is 48.0 Å². The molecular weight excluding hydrogens is 432 g/mol. The van der Waals surface area contributed by atoms with E-state index < -0.39 is 0 Å². The minimum Gasteiger partial charge on any atom is -0.493 e. The van der Waals surface area contributed by atoms with Crippen LogP contribution in [-0.4, -0.2) is 87.8 Å². The maximum Gasteiger partial charge on any atom is 0.164 e. The van der Waals surface area contributed by atoms with E-state index in [9.17, 15) is 0 Å². The highest BCUT2D eigenvalue weighted by molar-refractivity contribution is 6.06. The summed E-state index contributed by atoms with van der Waals surface area (Å²) in [4.78, 5) is 10.9. The molecule has 3 unspecified atom stereocenters. The summed E-state index contributed by atoms with van der Waals surface area (Å²) < 4.78 is 17.0. The average Bonchev–Trinajstić information content (AvgIpc) is 3.28. The Morgan fingerprint density at radius 2 is 1.74 bits per heavy atom. The van der Waals surface area contributed by atoms with E-state index in [0.717, 1.165) is 56.3 Å². The van der Waals surface area contributed by atoms with Crippen molar-refractivity contribution in [2.24, 2.45) is 11.1 Å². The average molecular weight is 467 g/mol. The van der Waals surface area contributed by atoms with Gasteiger partial charge in [-0.25, -0.2) is 0 Å². The molecule has 34 heavy (non-hydrogen) atoms. The second-order valence-electron chi connectivity index (χ2n) is 9.25. The minimum absolute atomic E-state index is 0.00136. The summed E-state index contributed by atoms with van der Waals surface area (Å²) in [5.41, 5.74) is 3.06. The number of oxime groups is 1. The third-order valence-corrected chi connectivity index (χ3v) is 6.89. The van der Waals surface area contributed by atoms with Crippen molar-refractivity contribution in [3.63, 3.8) is 0 Å². The fourth-order valence-corrected chi connectivity index (χ4v) is 5.06. The Morgan fingerprint density at radius 3 is 2.47 bits per heavy atom. The molecule has 0 aromatic heterocycles. The van der Waals surface area contributed by atoms with Gasteiger partial charge in [0.05, 0.1) is 20.1 Å². The zero-order chi connectivity index (χ0) is 23.5. The molecule has 1 N–H and O–H groups in total. The lowest BCUT2D eigenvalue weighted by Crippen LogP contribution is -2.51. The Kier molecular flexibility index (Phi) is 6.78. The first-order valence-corrected chi connectivity index (χ1v) is 12.0. The Morgan fingerprint density at radius 1 is 1.03 bits per heavy atom. The topological polar surface area (TPSA) is 67.8 Å². The molecule has 0 amide bonds. The van der Waals surface area contributed by atoms with Crippen molar-refractivity contribution in [1.82, 2.24) is 9.80 Å². The van der Waals surface area contributed by atoms with Crippen molar-refractivity contribution >= 4 is 11.4 Å². The number of rotatable bonds is 8. The maximum absolute atomic E-state index is 6.08. The molecule has 0 bridgehead atoms. The van der Waals surface area contributed by atoms with Crippen molar-refractivity contribution in [2.75, 3.05) is 65.4 Å². The van der Waals surface area contributed by atoms with E-state index >= 15 is 0 Å². The van der Waals surface area contributed by atoms with Crippen LogP contribution in [0.3, 0.4) is 0 Å². The molecule has 2 aromatic rings. The third kappa shape index (κ3) is 4.79. The molecular formula is C26H34N4O4. The van der Waals surface area contributed by atoms with Gasteiger partial charge in [0, 0.05) is 62.6 Å². The second kappa shape index (κ2) is 10.1. The fourth-order valence-electron chi connectivity index (χ4n) is 5.06. The van der Waals surface area contributed by atoms with Gasteiger partial charge in [-0.3, -0.25) is 9.80 Å². The van der Waals surface area contributed by atoms with Gasteiger partial charge in [0.15, 0.2) is 17.6 Å². The molecule has 3 aliphatic rings. The molecule has 182 valence electrons. The number of anilines is 1. The van der Waals surface area contributed by atoms with Gasteiger partial charge in [-0.15, -0.1) is 0 Å². The van der Waals surface area contributed by atoms with Crippen LogP contribution in [0.1, 0.15) is 12.5 Å². The van der Waals surface area contributed by atoms with Gasteiger partial charge in [0.2, 0.25) is 0 Å². The number of para-hydroxylation sites is 1. The Balaban J connectivity index is 1.13. The Hall–Kier alpha value is -2.97. The van der Waals surface area contributed by atoms with Crippen LogP contribution >= 0.6 is 0 Å². The van der Waals surface area contributed by atoms with Gasteiger partial charge in [0.25, 0.3) is 0 Å². The summed E-state index contributed by atoms with van der Waals surface area (Å²) in [6.07, 6.45) is 0.00136. The first-order chi connectivity index (χ1) is 16.6. The Bertz CT molecular complexity index is 1010. The number of methoxy groups -OCH3 is 2. The molecule has 1 saturated heterocycles. The second-order valence-corrected chi connectivity index (χ2v) is 9.25. The van der Waals surface area contributed by atoms with Gasteiger partial charge in [-0.2, -0.15) is 0 Å². The molecule has 2 aromatic carbocycles. The van der Waals surface area contributed by atoms with Gasteiger partial charge in [-0.1, -0.05) is 23.4 Å². The maximum atomic E-state index is 6.08. The van der Waals surface area contributed by atoms with Crippen molar-refractivity contribution < 1.29 is 19.0 Å². The number of benzene rings is 2. The van der Waals surface area contributed by atoms with Gasteiger partial charge in [0.1, 0.15) is 18.1 Å². The number of hydrogen-bond acceptors (Lipinski definition) is 8. The van der Waals surface area contributed by atoms with E-state index in [1.54, 1.807) is 14.2 Å². The van der Waals surface area contributed by atoms with Gasteiger partial charge >= 0.3 is 0 Å². The highest BCUT2D eigenvalue weighted by Gasteiger charge is 2.41. The molecule has 0 radical (unpaired) electrons. The fraction of sp³-hybridized carbons (Fsp3) is 0.500. The first kappa shape index (κ1) is 22.8. The molecule has 5 rings (SSSR count). The van der Waals surface area contributed by atoms with E-state index in [4.69, 9.17) is 19.0 Å². The van der Waals surface area contributed by atoms with Crippen molar-refractivity contribution in [3.8, 4) is 17.2 Å². The van der Waals surface area contributed by atoms with Crippen LogP contribution in [0.25, 0.3) is 0 Å². The first-order valence-electron chi connectivity index (χ1n) is 12.0. The molecule has 1 fully saturated rings. The summed E-state index contributed by atoms with van der Waals surface area (Å²) in [5.74, 6) is 2.22. The van der Waals surface area contributed by atoms with E-state index in [1.807, 2.05) is 18.2 Å². The third-order valence-electron chi connectivity index (χ3n) is 6.89. The highest BCUT2D eigenvalue weighted by Crippen LogP contribution is 2.40. The summed E-state index contributed by atoms with van der Waals surface area (Å²) >= 11 is 0. The minimum atomic E-state index is 0.00136. The molecule has 0 spiro atoms. The summed E-state index contributed by atoms with van der Waals surface area (Å²) in [7, 11) is 3.27. The summed E-state index contributed by atoms with van der Waals surface area (Å²) in [6, 6.07) is 14.6. The van der Waals surface area contributed by atoms with Crippen LogP contribution in [0.4, 0.5) is 5.69 Å². The predicted octanol–water partition coefficient (Wildman–Crippen LogP) is 2.93. The van der Waals surface area contributed by atoms with E-state index in [2.05, 4.69) is 51.5 Å². The lowest BCUT2D eigenvalue weighted by atomic mass is 9.90. The van der Waals surface area contributed by atoms with Crippen LogP contribution in [0.2, 0.25) is 0 Å². The normalized spacial score (nSPS) is 23.1. The van der Waals surface area contributed by atoms with Gasteiger partial charge < -0.3 is 24.4 Å². The highest BCUT2D eigenvalue weighted by atomic mass is 16.6. The van der Waals surface area contributed by atoms with Crippen LogP contribution < -0.4 is 19.5 Å². The molecule has 8 heteroatoms. The number of nitrogens with zero attached hydrogens (tertiary/aromatic N) is 3. The molecule has 3 atom stereocenters. The molecule has 0 aliphatic carbocycles. The van der Waals surface area contributed by atoms with Crippen LogP contribution in [0.15, 0.2) is 47.6 Å². The van der Waals surface area contributed by atoms with Crippen LogP contribution in [0.5, 0.6) is 17.2 Å². The quantitative estimate of drug-likeness (QED) is 0.642.